The van der Waals surface area contributed by atoms with Crippen molar-refractivity contribution in [3.8, 4) is 6.07 Å². The van der Waals surface area contributed by atoms with Crippen molar-refractivity contribution < 1.29 is 0 Å². The molecule has 1 aromatic carbocycles. The summed E-state index contributed by atoms with van der Waals surface area (Å²) >= 11 is 0. The van der Waals surface area contributed by atoms with E-state index in [9.17, 15) is 0 Å². The highest BCUT2D eigenvalue weighted by Gasteiger charge is 2.28. The topological polar surface area (TPSA) is 30.3 Å². The van der Waals surface area contributed by atoms with Crippen molar-refractivity contribution in [3.05, 3.63) is 35.9 Å². The Balaban J connectivity index is 1.60. The SMILES string of the molecule is N#CCC(c1ccccc1)N1CCN(CC2CC2)CC1. The monoisotopic (exact) mass is 269 g/mol. The van der Waals surface area contributed by atoms with E-state index in [1.54, 1.807) is 0 Å². The van der Waals surface area contributed by atoms with E-state index in [2.05, 4.69) is 40.1 Å². The molecule has 0 radical (unpaired) electrons. The Morgan fingerprint density at radius 1 is 1.10 bits per heavy atom. The van der Waals surface area contributed by atoms with E-state index in [0.29, 0.717) is 6.42 Å². The molecule has 0 bridgehead atoms. The quantitative estimate of drug-likeness (QED) is 0.823. The van der Waals surface area contributed by atoms with Gasteiger partial charge in [-0.15, -0.1) is 0 Å². The highest BCUT2D eigenvalue weighted by Crippen LogP contribution is 2.31. The summed E-state index contributed by atoms with van der Waals surface area (Å²) in [7, 11) is 0. The summed E-state index contributed by atoms with van der Waals surface area (Å²) in [5, 5.41) is 9.12. The Morgan fingerprint density at radius 2 is 1.80 bits per heavy atom. The third-order valence-electron chi connectivity index (χ3n) is 4.53. The van der Waals surface area contributed by atoms with E-state index >= 15 is 0 Å². The average molecular weight is 269 g/mol. The van der Waals surface area contributed by atoms with Gasteiger partial charge in [-0.2, -0.15) is 5.26 Å². The third-order valence-corrected chi connectivity index (χ3v) is 4.53. The molecule has 1 saturated heterocycles. The van der Waals surface area contributed by atoms with Gasteiger partial charge >= 0.3 is 0 Å². The second-order valence-corrected chi connectivity index (χ2v) is 6.07. The standard InChI is InChI=1S/C17H23N3/c18-9-8-17(16-4-2-1-3-5-16)20-12-10-19(11-13-20)14-15-6-7-15/h1-5,15,17H,6-8,10-14H2. The summed E-state index contributed by atoms with van der Waals surface area (Å²) < 4.78 is 0. The minimum absolute atomic E-state index is 0.268. The van der Waals surface area contributed by atoms with Gasteiger partial charge in [-0.1, -0.05) is 30.3 Å². The number of rotatable bonds is 5. The Labute approximate surface area is 121 Å². The molecule has 3 rings (SSSR count). The van der Waals surface area contributed by atoms with Gasteiger partial charge in [0.1, 0.15) is 0 Å². The minimum atomic E-state index is 0.268. The molecule has 0 amide bonds. The first-order chi connectivity index (χ1) is 9.86. The Hall–Kier alpha value is -1.37. The maximum Gasteiger partial charge on any atom is 0.0641 e. The fourth-order valence-electron chi connectivity index (χ4n) is 3.14. The predicted octanol–water partition coefficient (Wildman–Crippen LogP) is 2.67. The van der Waals surface area contributed by atoms with Crippen molar-refractivity contribution in [3.63, 3.8) is 0 Å². The van der Waals surface area contributed by atoms with Crippen LogP contribution in [0.3, 0.4) is 0 Å². The number of hydrogen-bond donors (Lipinski definition) is 0. The first-order valence-electron chi connectivity index (χ1n) is 7.75. The molecule has 20 heavy (non-hydrogen) atoms. The van der Waals surface area contributed by atoms with Crippen LogP contribution >= 0.6 is 0 Å². The Bertz CT molecular complexity index is 453. The number of nitrogens with zero attached hydrogens (tertiary/aromatic N) is 3. The van der Waals surface area contributed by atoms with Crippen molar-refractivity contribution in [2.75, 3.05) is 32.7 Å². The van der Waals surface area contributed by atoms with E-state index in [0.717, 1.165) is 32.1 Å². The van der Waals surface area contributed by atoms with Gasteiger partial charge in [0, 0.05) is 38.8 Å². The normalized spacial score (nSPS) is 22.4. The molecule has 0 aromatic heterocycles. The van der Waals surface area contributed by atoms with E-state index in [4.69, 9.17) is 5.26 Å². The van der Waals surface area contributed by atoms with Crippen molar-refractivity contribution in [2.45, 2.75) is 25.3 Å². The van der Waals surface area contributed by atoms with Crippen LogP contribution in [0.1, 0.15) is 30.9 Å². The lowest BCUT2D eigenvalue weighted by Crippen LogP contribution is -2.48. The van der Waals surface area contributed by atoms with Crippen LogP contribution in [0.25, 0.3) is 0 Å². The van der Waals surface area contributed by atoms with Gasteiger partial charge in [0.15, 0.2) is 0 Å². The molecule has 1 aliphatic carbocycles. The maximum absolute atomic E-state index is 9.12. The molecule has 1 saturated carbocycles. The minimum Gasteiger partial charge on any atom is -0.301 e. The van der Waals surface area contributed by atoms with Crippen molar-refractivity contribution >= 4 is 0 Å². The van der Waals surface area contributed by atoms with E-state index in [1.807, 2.05) is 6.07 Å². The maximum atomic E-state index is 9.12. The summed E-state index contributed by atoms with van der Waals surface area (Å²) in [5.41, 5.74) is 1.28. The molecule has 1 atom stereocenters. The summed E-state index contributed by atoms with van der Waals surface area (Å²) in [5.74, 6) is 0.977. The van der Waals surface area contributed by atoms with Crippen LogP contribution in [0, 0.1) is 17.2 Å². The molecule has 2 aliphatic rings. The third kappa shape index (κ3) is 3.39. The summed E-state index contributed by atoms with van der Waals surface area (Å²) in [6.07, 6.45) is 3.45. The molecule has 3 nitrogen and oxygen atoms in total. The van der Waals surface area contributed by atoms with Crippen LogP contribution in [-0.2, 0) is 0 Å². The first kappa shape index (κ1) is 13.6. The smallest absolute Gasteiger partial charge is 0.0641 e. The molecule has 3 heteroatoms. The van der Waals surface area contributed by atoms with Gasteiger partial charge < -0.3 is 4.90 Å². The summed E-state index contributed by atoms with van der Waals surface area (Å²) in [6, 6.07) is 13.1. The first-order valence-corrected chi connectivity index (χ1v) is 7.75. The second kappa shape index (κ2) is 6.39. The van der Waals surface area contributed by atoms with Gasteiger partial charge in [0.2, 0.25) is 0 Å². The van der Waals surface area contributed by atoms with Crippen molar-refractivity contribution in [2.24, 2.45) is 5.92 Å². The van der Waals surface area contributed by atoms with Gasteiger partial charge in [-0.05, 0) is 24.3 Å². The second-order valence-electron chi connectivity index (χ2n) is 6.07. The molecule has 106 valence electrons. The molecule has 1 heterocycles. The number of piperazine rings is 1. The Morgan fingerprint density at radius 3 is 2.40 bits per heavy atom. The van der Waals surface area contributed by atoms with Crippen molar-refractivity contribution in [1.82, 2.24) is 9.80 Å². The van der Waals surface area contributed by atoms with Crippen LogP contribution < -0.4 is 0 Å². The highest BCUT2D eigenvalue weighted by atomic mass is 15.3. The lowest BCUT2D eigenvalue weighted by Gasteiger charge is -2.39. The van der Waals surface area contributed by atoms with E-state index < -0.39 is 0 Å². The largest absolute Gasteiger partial charge is 0.301 e. The Kier molecular flexibility index (Phi) is 4.34. The highest BCUT2D eigenvalue weighted by molar-refractivity contribution is 5.20. The van der Waals surface area contributed by atoms with Gasteiger partial charge in [-0.3, -0.25) is 4.90 Å². The van der Waals surface area contributed by atoms with E-state index in [1.165, 1.54) is 24.9 Å². The molecule has 0 spiro atoms. The number of benzene rings is 1. The molecule has 1 aromatic rings. The molecular weight excluding hydrogens is 246 g/mol. The molecule has 1 aliphatic heterocycles. The van der Waals surface area contributed by atoms with Crippen molar-refractivity contribution in [1.29, 1.82) is 5.26 Å². The van der Waals surface area contributed by atoms with Crippen LogP contribution in [0.2, 0.25) is 0 Å². The summed E-state index contributed by atoms with van der Waals surface area (Å²) in [6.45, 7) is 5.79. The fourth-order valence-corrected chi connectivity index (χ4v) is 3.14. The lowest BCUT2D eigenvalue weighted by molar-refractivity contribution is 0.0942. The number of hydrogen-bond acceptors (Lipinski definition) is 3. The molecule has 2 fully saturated rings. The zero-order valence-electron chi connectivity index (χ0n) is 12.0. The van der Waals surface area contributed by atoms with Gasteiger partial charge in [-0.25, -0.2) is 0 Å². The molecule has 0 N–H and O–H groups in total. The van der Waals surface area contributed by atoms with Gasteiger partial charge in [0.05, 0.1) is 12.5 Å². The average Bonchev–Trinajstić information content (AvgIpc) is 3.31. The number of nitriles is 1. The molecule has 1 unspecified atom stereocenters. The zero-order valence-corrected chi connectivity index (χ0v) is 12.0. The van der Waals surface area contributed by atoms with Crippen LogP contribution in [-0.4, -0.2) is 42.5 Å². The van der Waals surface area contributed by atoms with Crippen LogP contribution in [0.4, 0.5) is 0 Å². The summed E-state index contributed by atoms with van der Waals surface area (Å²) in [4.78, 5) is 5.09. The lowest BCUT2D eigenvalue weighted by atomic mass is 10.0. The zero-order chi connectivity index (χ0) is 13.8. The van der Waals surface area contributed by atoms with E-state index in [-0.39, 0.29) is 6.04 Å². The fraction of sp³-hybridized carbons (Fsp3) is 0.588. The van der Waals surface area contributed by atoms with Crippen LogP contribution in [0.5, 0.6) is 0 Å². The molecular formula is C17H23N3. The van der Waals surface area contributed by atoms with Gasteiger partial charge in [0.25, 0.3) is 0 Å². The predicted molar refractivity (Wildman–Crippen MR) is 80.2 cm³/mol. The van der Waals surface area contributed by atoms with Crippen LogP contribution in [0.15, 0.2) is 30.3 Å².